The number of likely N-dealkylation sites (tertiary alicyclic amines) is 1. The van der Waals surface area contributed by atoms with Gasteiger partial charge in [0, 0.05) is 18.8 Å². The van der Waals surface area contributed by atoms with Crippen molar-refractivity contribution >= 4 is 0 Å². The van der Waals surface area contributed by atoms with Crippen LogP contribution in [0.25, 0.3) is 0 Å². The summed E-state index contributed by atoms with van der Waals surface area (Å²) in [6.07, 6.45) is 2.67. The lowest BCUT2D eigenvalue weighted by atomic mass is 9.83. The molecule has 1 rings (SSSR count). The minimum Gasteiger partial charge on any atom is -0.375 e. The highest BCUT2D eigenvalue weighted by Gasteiger charge is 2.27. The quantitative estimate of drug-likeness (QED) is 0.632. The number of hydrogen-bond acceptors (Lipinski definition) is 1. The van der Waals surface area contributed by atoms with Gasteiger partial charge in [-0.1, -0.05) is 34.3 Å². The highest BCUT2D eigenvalue weighted by Crippen LogP contribution is 2.31. The smallest absolute Gasteiger partial charge is 0.0226 e. The predicted octanol–water partition coefficient (Wildman–Crippen LogP) is 3.28. The average Bonchev–Trinajstić information content (AvgIpc) is 2.01. The zero-order chi connectivity index (χ0) is 10.1. The largest absolute Gasteiger partial charge is 0.375 e. The average molecular weight is 181 g/mol. The Morgan fingerprint density at radius 3 is 2.46 bits per heavy atom. The third-order valence-electron chi connectivity index (χ3n) is 2.97. The molecule has 0 amide bonds. The van der Waals surface area contributed by atoms with Crippen LogP contribution in [0.3, 0.4) is 0 Å². The second-order valence-electron chi connectivity index (χ2n) is 5.34. The molecule has 0 saturated carbocycles. The lowest BCUT2D eigenvalue weighted by Crippen LogP contribution is -2.40. The molecule has 0 unspecified atom stereocenters. The van der Waals surface area contributed by atoms with Crippen LogP contribution in [0.5, 0.6) is 0 Å². The maximum absolute atomic E-state index is 4.17. The minimum atomic E-state index is 0.482. The van der Waals surface area contributed by atoms with Crippen LogP contribution in [0.2, 0.25) is 0 Å². The molecule has 76 valence electrons. The van der Waals surface area contributed by atoms with Crippen molar-refractivity contribution in [3.05, 3.63) is 12.3 Å². The van der Waals surface area contributed by atoms with Gasteiger partial charge in [0.15, 0.2) is 0 Å². The molecule has 13 heavy (non-hydrogen) atoms. The third-order valence-corrected chi connectivity index (χ3v) is 2.97. The normalized spacial score (nSPS) is 22.1. The van der Waals surface area contributed by atoms with Gasteiger partial charge in [-0.05, 0) is 24.2 Å². The predicted molar refractivity (Wildman–Crippen MR) is 58.6 cm³/mol. The molecule has 0 aromatic rings. The van der Waals surface area contributed by atoms with Crippen LogP contribution in [0.15, 0.2) is 12.3 Å². The molecule has 0 N–H and O–H groups in total. The monoisotopic (exact) mass is 181 g/mol. The lowest BCUT2D eigenvalue weighted by Gasteiger charge is -2.41. The van der Waals surface area contributed by atoms with Gasteiger partial charge in [-0.2, -0.15) is 0 Å². The van der Waals surface area contributed by atoms with Gasteiger partial charge in [0.25, 0.3) is 0 Å². The Kier molecular flexibility index (Phi) is 3.05. The molecule has 1 heteroatoms. The van der Waals surface area contributed by atoms with Crippen LogP contribution in [0.1, 0.15) is 40.5 Å². The Balaban J connectivity index is 2.57. The fourth-order valence-corrected chi connectivity index (χ4v) is 2.03. The summed E-state index contributed by atoms with van der Waals surface area (Å²) in [7, 11) is 0. The number of hydrogen-bond donors (Lipinski definition) is 0. The summed E-state index contributed by atoms with van der Waals surface area (Å²) >= 11 is 0. The zero-order valence-electron chi connectivity index (χ0n) is 9.56. The molecule has 0 atom stereocenters. The van der Waals surface area contributed by atoms with Gasteiger partial charge in [0.2, 0.25) is 0 Å². The Hall–Kier alpha value is -0.460. The second-order valence-corrected chi connectivity index (χ2v) is 5.34. The van der Waals surface area contributed by atoms with Crippen LogP contribution in [-0.2, 0) is 0 Å². The van der Waals surface area contributed by atoms with E-state index in [4.69, 9.17) is 0 Å². The van der Waals surface area contributed by atoms with Crippen molar-refractivity contribution in [1.82, 2.24) is 4.90 Å². The van der Waals surface area contributed by atoms with Gasteiger partial charge < -0.3 is 4.90 Å². The fraction of sp³-hybridized carbons (Fsp3) is 0.833. The van der Waals surface area contributed by atoms with Crippen molar-refractivity contribution in [2.24, 2.45) is 11.3 Å². The van der Waals surface area contributed by atoms with Gasteiger partial charge >= 0.3 is 0 Å². The summed E-state index contributed by atoms with van der Waals surface area (Å²) in [5, 5.41) is 0. The number of nitrogens with zero attached hydrogens (tertiary/aromatic N) is 1. The standard InChI is InChI=1S/C12H23N/c1-10(2)11(3)13-8-6-7-12(4,5)9-13/h10H,3,6-9H2,1-2,4-5H3. The molecule has 0 radical (unpaired) electrons. The summed E-state index contributed by atoms with van der Waals surface area (Å²) in [6, 6.07) is 0. The minimum absolute atomic E-state index is 0.482. The summed E-state index contributed by atoms with van der Waals surface area (Å²) in [6.45, 7) is 15.7. The molecular weight excluding hydrogens is 158 g/mol. The van der Waals surface area contributed by atoms with Gasteiger partial charge in [0.05, 0.1) is 0 Å². The Morgan fingerprint density at radius 1 is 1.38 bits per heavy atom. The first-order valence-electron chi connectivity index (χ1n) is 5.36. The van der Waals surface area contributed by atoms with Crippen molar-refractivity contribution in [3.63, 3.8) is 0 Å². The Morgan fingerprint density at radius 2 is 2.00 bits per heavy atom. The van der Waals surface area contributed by atoms with Crippen molar-refractivity contribution in [3.8, 4) is 0 Å². The SMILES string of the molecule is C=C(C(C)C)N1CCCC(C)(C)C1. The molecule has 1 saturated heterocycles. The maximum Gasteiger partial charge on any atom is 0.0226 e. The third kappa shape index (κ3) is 2.75. The first-order chi connectivity index (χ1) is 5.92. The van der Waals surface area contributed by atoms with E-state index in [0.717, 1.165) is 0 Å². The highest BCUT2D eigenvalue weighted by atomic mass is 15.1. The fourth-order valence-electron chi connectivity index (χ4n) is 2.03. The van der Waals surface area contributed by atoms with Crippen LogP contribution in [0.4, 0.5) is 0 Å². The number of rotatable bonds is 2. The van der Waals surface area contributed by atoms with Crippen LogP contribution in [0, 0.1) is 11.3 Å². The second kappa shape index (κ2) is 3.73. The lowest BCUT2D eigenvalue weighted by molar-refractivity contribution is 0.140. The highest BCUT2D eigenvalue weighted by molar-refractivity contribution is 5.00. The summed E-state index contributed by atoms with van der Waals surface area (Å²) in [5.41, 5.74) is 1.79. The van der Waals surface area contributed by atoms with E-state index in [1.807, 2.05) is 0 Å². The van der Waals surface area contributed by atoms with E-state index in [1.165, 1.54) is 31.6 Å². The van der Waals surface area contributed by atoms with Gasteiger partial charge in [0.1, 0.15) is 0 Å². The van der Waals surface area contributed by atoms with Gasteiger partial charge in [-0.25, -0.2) is 0 Å². The zero-order valence-corrected chi connectivity index (χ0v) is 9.56. The summed E-state index contributed by atoms with van der Waals surface area (Å²) < 4.78 is 0. The molecule has 0 aliphatic carbocycles. The molecule has 1 nitrogen and oxygen atoms in total. The molecule has 0 bridgehead atoms. The molecule has 1 aliphatic rings. The molecule has 0 aromatic carbocycles. The molecular formula is C12H23N. The van der Waals surface area contributed by atoms with Crippen LogP contribution < -0.4 is 0 Å². The van der Waals surface area contributed by atoms with Crippen molar-refractivity contribution in [2.45, 2.75) is 40.5 Å². The van der Waals surface area contributed by atoms with Crippen molar-refractivity contribution < 1.29 is 0 Å². The molecule has 1 aliphatic heterocycles. The van der Waals surface area contributed by atoms with Crippen LogP contribution in [-0.4, -0.2) is 18.0 Å². The number of piperidine rings is 1. The Bertz CT molecular complexity index is 191. The van der Waals surface area contributed by atoms with E-state index in [0.29, 0.717) is 11.3 Å². The molecule has 1 fully saturated rings. The van der Waals surface area contributed by atoms with E-state index >= 15 is 0 Å². The molecule has 1 heterocycles. The summed E-state index contributed by atoms with van der Waals surface area (Å²) in [4.78, 5) is 2.47. The number of allylic oxidation sites excluding steroid dienone is 1. The van der Waals surface area contributed by atoms with E-state index < -0.39 is 0 Å². The first-order valence-corrected chi connectivity index (χ1v) is 5.36. The molecule has 0 spiro atoms. The van der Waals surface area contributed by atoms with Crippen LogP contribution >= 0.6 is 0 Å². The van der Waals surface area contributed by atoms with E-state index in [2.05, 4.69) is 39.2 Å². The van der Waals surface area contributed by atoms with Gasteiger partial charge in [-0.15, -0.1) is 0 Å². The van der Waals surface area contributed by atoms with E-state index in [1.54, 1.807) is 0 Å². The van der Waals surface area contributed by atoms with Crippen molar-refractivity contribution in [2.75, 3.05) is 13.1 Å². The first kappa shape index (κ1) is 10.6. The summed E-state index contributed by atoms with van der Waals surface area (Å²) in [5.74, 6) is 0.592. The molecule has 0 aromatic heterocycles. The topological polar surface area (TPSA) is 3.24 Å². The Labute approximate surface area is 82.8 Å². The van der Waals surface area contributed by atoms with E-state index in [-0.39, 0.29) is 0 Å². The maximum atomic E-state index is 4.17. The van der Waals surface area contributed by atoms with Crippen molar-refractivity contribution in [1.29, 1.82) is 0 Å². The van der Waals surface area contributed by atoms with E-state index in [9.17, 15) is 0 Å². The van der Waals surface area contributed by atoms with Gasteiger partial charge in [-0.3, -0.25) is 0 Å².